The fourth-order valence-electron chi connectivity index (χ4n) is 5.15. The molecule has 4 heterocycles. The minimum atomic E-state index is 0.373. The Hall–Kier alpha value is -4.46. The van der Waals surface area contributed by atoms with E-state index in [2.05, 4.69) is 74.4 Å². The highest BCUT2D eigenvalue weighted by Crippen LogP contribution is 2.36. The van der Waals surface area contributed by atoms with Crippen molar-refractivity contribution in [1.29, 1.82) is 0 Å². The van der Waals surface area contributed by atoms with Gasteiger partial charge in [0.25, 0.3) is 0 Å². The van der Waals surface area contributed by atoms with E-state index in [0.29, 0.717) is 11.7 Å². The number of nitrogens with one attached hydrogen (secondary N) is 1. The van der Waals surface area contributed by atoms with Crippen molar-refractivity contribution in [3.8, 4) is 22.6 Å². The molecule has 5 aromatic rings. The molecule has 1 N–H and O–H groups in total. The first-order chi connectivity index (χ1) is 18.7. The number of aryl methyl sites for hydroxylation is 1. The van der Waals surface area contributed by atoms with Crippen LogP contribution in [0.1, 0.15) is 44.5 Å². The van der Waals surface area contributed by atoms with Gasteiger partial charge >= 0.3 is 0 Å². The molecule has 0 radical (unpaired) electrons. The number of pyridine rings is 2. The van der Waals surface area contributed by atoms with E-state index < -0.39 is 0 Å². The molecule has 38 heavy (non-hydrogen) atoms. The van der Waals surface area contributed by atoms with Gasteiger partial charge in [-0.3, -0.25) is 4.98 Å². The Morgan fingerprint density at radius 2 is 1.89 bits per heavy atom. The van der Waals surface area contributed by atoms with Gasteiger partial charge in [0.05, 0.1) is 5.69 Å². The molecule has 0 amide bonds. The Balaban J connectivity index is 1.34. The average Bonchev–Trinajstić information content (AvgIpc) is 3.62. The molecule has 1 aliphatic carbocycles. The molecule has 4 aromatic heterocycles. The van der Waals surface area contributed by atoms with Gasteiger partial charge < -0.3 is 4.57 Å². The number of nitrogens with zero attached hydrogens (tertiary/aromatic N) is 7. The number of aromatic nitrogens is 8. The fourth-order valence-corrected chi connectivity index (χ4v) is 5.15. The molecule has 0 spiro atoms. The standard InChI is InChI=1S/C30H30N8/c1-3-4-12-28-33-27-17-23(26-11-7-8-15-31-26)18-32-30(27)38(28)19-22-14-13-21(16-20(22)2)24-9-5-6-10-25(24)29-34-36-37-35-29/h5-11,13-15,17-18,20H,3-4,12,16,19H2,1-2H3,(H,34,35,36,37). The summed E-state index contributed by atoms with van der Waals surface area (Å²) in [4.78, 5) is 14.4. The van der Waals surface area contributed by atoms with Gasteiger partial charge in [-0.2, -0.15) is 5.21 Å². The summed E-state index contributed by atoms with van der Waals surface area (Å²) >= 11 is 0. The highest BCUT2D eigenvalue weighted by Gasteiger charge is 2.22. The van der Waals surface area contributed by atoms with Crippen LogP contribution in [0.25, 0.3) is 39.4 Å². The smallest absolute Gasteiger partial charge is 0.205 e. The highest BCUT2D eigenvalue weighted by atomic mass is 15.5. The van der Waals surface area contributed by atoms with Crippen LogP contribution in [0.2, 0.25) is 0 Å². The van der Waals surface area contributed by atoms with Gasteiger partial charge in [-0.1, -0.05) is 62.8 Å². The van der Waals surface area contributed by atoms with Crippen molar-refractivity contribution in [3.63, 3.8) is 0 Å². The molecule has 8 nitrogen and oxygen atoms in total. The molecule has 190 valence electrons. The number of H-pyrrole nitrogens is 1. The maximum absolute atomic E-state index is 5.04. The van der Waals surface area contributed by atoms with Crippen molar-refractivity contribution in [3.05, 3.63) is 90.0 Å². The van der Waals surface area contributed by atoms with Gasteiger partial charge in [-0.25, -0.2) is 9.97 Å². The zero-order valence-electron chi connectivity index (χ0n) is 21.7. The van der Waals surface area contributed by atoms with E-state index in [0.717, 1.165) is 71.6 Å². The maximum Gasteiger partial charge on any atom is 0.205 e. The van der Waals surface area contributed by atoms with Crippen LogP contribution in [0.4, 0.5) is 0 Å². The Morgan fingerprint density at radius 1 is 1.03 bits per heavy atom. The van der Waals surface area contributed by atoms with Gasteiger partial charge in [-0.15, -0.1) is 10.2 Å². The number of benzene rings is 1. The van der Waals surface area contributed by atoms with Gasteiger partial charge in [0.15, 0.2) is 5.65 Å². The zero-order valence-corrected chi connectivity index (χ0v) is 21.7. The second-order valence-electron chi connectivity index (χ2n) is 9.82. The molecule has 1 aromatic carbocycles. The van der Waals surface area contributed by atoms with Gasteiger partial charge in [0, 0.05) is 36.5 Å². The molecule has 1 atom stereocenters. The van der Waals surface area contributed by atoms with Gasteiger partial charge in [-0.05, 0) is 58.9 Å². The van der Waals surface area contributed by atoms with Crippen LogP contribution in [0, 0.1) is 5.92 Å². The quantitative estimate of drug-likeness (QED) is 0.277. The molecule has 1 aliphatic rings. The first-order valence-electron chi connectivity index (χ1n) is 13.2. The number of tetrazole rings is 1. The third-order valence-corrected chi connectivity index (χ3v) is 7.24. The SMILES string of the molecule is CCCCc1nc2cc(-c3ccccn3)cnc2n1CC1=CC=C(c2ccccc2-c2nn[nH]n2)CC1C. The zero-order chi connectivity index (χ0) is 25.9. The van der Waals surface area contributed by atoms with Crippen molar-refractivity contribution in [1.82, 2.24) is 40.1 Å². The van der Waals surface area contributed by atoms with Crippen LogP contribution in [-0.2, 0) is 13.0 Å². The molecule has 0 aliphatic heterocycles. The van der Waals surface area contributed by atoms with E-state index in [1.165, 1.54) is 11.1 Å². The molecule has 0 bridgehead atoms. The lowest BCUT2D eigenvalue weighted by Crippen LogP contribution is -2.14. The number of allylic oxidation sites excluding steroid dienone is 4. The lowest BCUT2D eigenvalue weighted by Gasteiger charge is -2.24. The topological polar surface area (TPSA) is 98.1 Å². The van der Waals surface area contributed by atoms with Crippen LogP contribution in [0.5, 0.6) is 0 Å². The first-order valence-corrected chi connectivity index (χ1v) is 13.2. The van der Waals surface area contributed by atoms with Crippen molar-refractivity contribution >= 4 is 16.7 Å². The van der Waals surface area contributed by atoms with Crippen molar-refractivity contribution in [2.24, 2.45) is 5.92 Å². The monoisotopic (exact) mass is 502 g/mol. The summed E-state index contributed by atoms with van der Waals surface area (Å²) in [6, 6.07) is 16.3. The minimum Gasteiger partial charge on any atom is -0.309 e. The van der Waals surface area contributed by atoms with Crippen molar-refractivity contribution < 1.29 is 0 Å². The van der Waals surface area contributed by atoms with E-state index in [1.54, 1.807) is 0 Å². The summed E-state index contributed by atoms with van der Waals surface area (Å²) < 4.78 is 2.31. The Kier molecular flexibility index (Phi) is 6.60. The number of rotatable bonds is 8. The molecular weight excluding hydrogens is 472 g/mol. The Morgan fingerprint density at radius 3 is 2.66 bits per heavy atom. The molecule has 0 saturated carbocycles. The minimum absolute atomic E-state index is 0.373. The van der Waals surface area contributed by atoms with E-state index in [4.69, 9.17) is 9.97 Å². The predicted octanol–water partition coefficient (Wildman–Crippen LogP) is 6.07. The van der Waals surface area contributed by atoms with Crippen LogP contribution in [-0.4, -0.2) is 40.1 Å². The average molecular weight is 503 g/mol. The second-order valence-corrected chi connectivity index (χ2v) is 9.82. The molecular formula is C30H30N8. The molecule has 6 rings (SSSR count). The number of hydrogen-bond acceptors (Lipinski definition) is 6. The third kappa shape index (κ3) is 4.65. The summed E-state index contributed by atoms with van der Waals surface area (Å²) in [6.45, 7) is 5.30. The predicted molar refractivity (Wildman–Crippen MR) is 149 cm³/mol. The highest BCUT2D eigenvalue weighted by molar-refractivity contribution is 5.80. The number of hydrogen-bond donors (Lipinski definition) is 1. The van der Waals surface area contributed by atoms with Crippen molar-refractivity contribution in [2.75, 3.05) is 0 Å². The molecule has 1 unspecified atom stereocenters. The summed E-state index contributed by atoms with van der Waals surface area (Å²) in [5.74, 6) is 2.08. The summed E-state index contributed by atoms with van der Waals surface area (Å²) in [6.07, 6.45) is 12.3. The largest absolute Gasteiger partial charge is 0.309 e. The van der Waals surface area contributed by atoms with Gasteiger partial charge in [0.2, 0.25) is 5.82 Å². The normalized spacial score (nSPS) is 15.5. The van der Waals surface area contributed by atoms with Crippen molar-refractivity contribution in [2.45, 2.75) is 46.1 Å². The molecule has 0 fully saturated rings. The first kappa shape index (κ1) is 23.9. The molecule has 8 heteroatoms. The molecule has 0 saturated heterocycles. The van der Waals surface area contributed by atoms with Crippen LogP contribution < -0.4 is 0 Å². The fraction of sp³-hybridized carbons (Fsp3) is 0.267. The lowest BCUT2D eigenvalue weighted by atomic mass is 9.84. The summed E-state index contributed by atoms with van der Waals surface area (Å²) in [7, 11) is 0. The number of aromatic amines is 1. The Labute approximate surface area is 221 Å². The number of unbranched alkanes of at least 4 members (excludes halogenated alkanes) is 1. The van der Waals surface area contributed by atoms with E-state index >= 15 is 0 Å². The van der Waals surface area contributed by atoms with Crippen LogP contribution in [0.15, 0.2) is 78.6 Å². The Bertz CT molecular complexity index is 1610. The third-order valence-electron chi connectivity index (χ3n) is 7.24. The number of imidazole rings is 1. The van der Waals surface area contributed by atoms with Crippen LogP contribution in [0.3, 0.4) is 0 Å². The van der Waals surface area contributed by atoms with Crippen LogP contribution >= 0.6 is 0 Å². The summed E-state index contributed by atoms with van der Waals surface area (Å²) in [5, 5.41) is 14.7. The lowest BCUT2D eigenvalue weighted by molar-refractivity contribution is 0.602. The van der Waals surface area contributed by atoms with Gasteiger partial charge in [0.1, 0.15) is 11.3 Å². The second kappa shape index (κ2) is 10.5. The van der Waals surface area contributed by atoms with E-state index in [-0.39, 0.29) is 0 Å². The van der Waals surface area contributed by atoms with E-state index in [9.17, 15) is 0 Å². The van der Waals surface area contributed by atoms with E-state index in [1.807, 2.05) is 42.7 Å². The summed E-state index contributed by atoms with van der Waals surface area (Å²) in [5.41, 5.74) is 8.55. The maximum atomic E-state index is 5.04. The number of fused-ring (bicyclic) bond motifs is 1.